The molecule has 0 aliphatic rings. The Labute approximate surface area is 189 Å². The second-order valence-corrected chi connectivity index (χ2v) is 8.50. The number of methoxy groups -OCH3 is 1. The number of nitrogens with zero attached hydrogens (tertiary/aromatic N) is 1. The van der Waals surface area contributed by atoms with Gasteiger partial charge in [0.05, 0.1) is 16.5 Å². The molecule has 3 rings (SSSR count). The number of pyridine rings is 1. The Morgan fingerprint density at radius 2 is 1.88 bits per heavy atom. The van der Waals surface area contributed by atoms with Gasteiger partial charge in [-0.3, -0.25) is 9.52 Å². The minimum atomic E-state index is -3.99. The van der Waals surface area contributed by atoms with Crippen molar-refractivity contribution in [2.24, 2.45) is 0 Å². The summed E-state index contributed by atoms with van der Waals surface area (Å²) < 4.78 is 51.0. The third kappa shape index (κ3) is 5.94. The van der Waals surface area contributed by atoms with E-state index in [1.807, 2.05) is 0 Å². The number of rotatable bonds is 9. The summed E-state index contributed by atoms with van der Waals surface area (Å²) in [5, 5.41) is 2.40. The monoisotopic (exact) mass is 479 g/mol. The first-order chi connectivity index (χ1) is 15.3. The Hall–Kier alpha value is -3.21. The van der Waals surface area contributed by atoms with Crippen LogP contribution in [0.4, 0.5) is 15.8 Å². The smallest absolute Gasteiger partial charge is 0.261 e. The SMILES string of the molecule is COCCOc1ncccc1NC(=O)c1ccc(NS(=O)(=O)c2ccc(F)c(Cl)c2)cc1. The molecule has 11 heteroatoms. The van der Waals surface area contributed by atoms with Crippen molar-refractivity contribution in [3.63, 3.8) is 0 Å². The van der Waals surface area contributed by atoms with E-state index in [-0.39, 0.29) is 33.7 Å². The Morgan fingerprint density at radius 3 is 2.56 bits per heavy atom. The van der Waals surface area contributed by atoms with Crippen molar-refractivity contribution in [1.29, 1.82) is 0 Å². The summed E-state index contributed by atoms with van der Waals surface area (Å²) in [6, 6.07) is 12.1. The number of hydrogen-bond donors (Lipinski definition) is 2. The van der Waals surface area contributed by atoms with Crippen molar-refractivity contribution in [1.82, 2.24) is 4.98 Å². The molecule has 2 aromatic carbocycles. The molecule has 168 valence electrons. The summed E-state index contributed by atoms with van der Waals surface area (Å²) in [5.41, 5.74) is 0.878. The fourth-order valence-electron chi connectivity index (χ4n) is 2.56. The van der Waals surface area contributed by atoms with Crippen molar-refractivity contribution in [2.75, 3.05) is 30.4 Å². The van der Waals surface area contributed by atoms with E-state index in [1.54, 1.807) is 19.2 Å². The molecule has 0 saturated carbocycles. The molecule has 1 heterocycles. The maximum absolute atomic E-state index is 13.3. The fourth-order valence-corrected chi connectivity index (χ4v) is 3.89. The van der Waals surface area contributed by atoms with Crippen LogP contribution in [0.3, 0.4) is 0 Å². The summed E-state index contributed by atoms with van der Waals surface area (Å²) in [4.78, 5) is 16.5. The molecule has 8 nitrogen and oxygen atoms in total. The van der Waals surface area contributed by atoms with Crippen LogP contribution in [-0.2, 0) is 14.8 Å². The van der Waals surface area contributed by atoms with Crippen molar-refractivity contribution in [3.8, 4) is 5.88 Å². The van der Waals surface area contributed by atoms with Crippen molar-refractivity contribution in [3.05, 3.63) is 77.2 Å². The number of amides is 1. The molecule has 0 saturated heterocycles. The Balaban J connectivity index is 1.69. The molecule has 0 bridgehead atoms. The zero-order valence-electron chi connectivity index (χ0n) is 16.8. The summed E-state index contributed by atoms with van der Waals surface area (Å²) in [6.07, 6.45) is 1.53. The Kier molecular flexibility index (Phi) is 7.62. The van der Waals surface area contributed by atoms with Gasteiger partial charge >= 0.3 is 0 Å². The number of nitrogens with one attached hydrogen (secondary N) is 2. The van der Waals surface area contributed by atoms with Gasteiger partial charge in [0, 0.05) is 24.6 Å². The van der Waals surface area contributed by atoms with E-state index < -0.39 is 21.7 Å². The van der Waals surface area contributed by atoms with Crippen LogP contribution in [-0.4, -0.2) is 39.6 Å². The zero-order valence-corrected chi connectivity index (χ0v) is 18.4. The van der Waals surface area contributed by atoms with Gasteiger partial charge in [-0.25, -0.2) is 17.8 Å². The summed E-state index contributed by atoms with van der Waals surface area (Å²) in [5.74, 6) is -0.906. The molecule has 0 aliphatic carbocycles. The van der Waals surface area contributed by atoms with Crippen molar-refractivity contribution < 1.29 is 27.1 Å². The molecular weight excluding hydrogens is 461 g/mol. The van der Waals surface area contributed by atoms with Gasteiger partial charge < -0.3 is 14.8 Å². The number of carbonyl (C=O) groups is 1. The van der Waals surface area contributed by atoms with Crippen LogP contribution in [0.25, 0.3) is 0 Å². The highest BCUT2D eigenvalue weighted by Gasteiger charge is 2.17. The van der Waals surface area contributed by atoms with Gasteiger partial charge in [-0.05, 0) is 54.6 Å². The van der Waals surface area contributed by atoms with Crippen LogP contribution >= 0.6 is 11.6 Å². The summed E-state index contributed by atoms with van der Waals surface area (Å²) in [7, 11) is -2.44. The number of carbonyl (C=O) groups excluding carboxylic acids is 1. The minimum absolute atomic E-state index is 0.191. The van der Waals surface area contributed by atoms with Gasteiger partial charge in [-0.1, -0.05) is 11.6 Å². The lowest BCUT2D eigenvalue weighted by Gasteiger charge is -2.12. The van der Waals surface area contributed by atoms with E-state index in [0.717, 1.165) is 18.2 Å². The van der Waals surface area contributed by atoms with Crippen LogP contribution in [0.2, 0.25) is 5.02 Å². The van der Waals surface area contributed by atoms with Crippen LogP contribution in [0, 0.1) is 5.82 Å². The highest BCUT2D eigenvalue weighted by molar-refractivity contribution is 7.92. The predicted octanol–water partition coefficient (Wildman–Crippen LogP) is 3.95. The highest BCUT2D eigenvalue weighted by Crippen LogP contribution is 2.23. The average molecular weight is 480 g/mol. The Bertz CT molecular complexity index is 1210. The number of anilines is 2. The lowest BCUT2D eigenvalue weighted by molar-refractivity contribution is 0.102. The van der Waals surface area contributed by atoms with Gasteiger partial charge in [-0.2, -0.15) is 0 Å². The van der Waals surface area contributed by atoms with E-state index in [9.17, 15) is 17.6 Å². The number of ether oxygens (including phenoxy) is 2. The third-order valence-electron chi connectivity index (χ3n) is 4.15. The lowest BCUT2D eigenvalue weighted by Crippen LogP contribution is -2.15. The highest BCUT2D eigenvalue weighted by atomic mass is 35.5. The zero-order chi connectivity index (χ0) is 23.1. The first kappa shape index (κ1) is 23.5. The van der Waals surface area contributed by atoms with E-state index in [2.05, 4.69) is 15.0 Å². The van der Waals surface area contributed by atoms with E-state index >= 15 is 0 Å². The van der Waals surface area contributed by atoms with Gasteiger partial charge in [0.25, 0.3) is 15.9 Å². The molecule has 32 heavy (non-hydrogen) atoms. The minimum Gasteiger partial charge on any atom is -0.474 e. The molecule has 3 aromatic rings. The van der Waals surface area contributed by atoms with E-state index in [1.165, 1.54) is 30.5 Å². The summed E-state index contributed by atoms with van der Waals surface area (Å²) >= 11 is 5.66. The first-order valence-corrected chi connectivity index (χ1v) is 11.1. The normalized spacial score (nSPS) is 11.1. The standard InChI is InChI=1S/C21H19ClFN3O5S/c1-30-11-12-31-21-19(3-2-10-24-21)25-20(27)14-4-6-15(7-5-14)26-32(28,29)16-8-9-18(23)17(22)13-16/h2-10,13,26H,11-12H2,1H3,(H,25,27). The lowest BCUT2D eigenvalue weighted by atomic mass is 10.2. The molecule has 1 amide bonds. The average Bonchev–Trinajstić information content (AvgIpc) is 2.77. The molecule has 0 atom stereocenters. The topological polar surface area (TPSA) is 107 Å². The number of halogens is 2. The maximum atomic E-state index is 13.3. The van der Waals surface area contributed by atoms with Crippen LogP contribution in [0.1, 0.15) is 10.4 Å². The van der Waals surface area contributed by atoms with Gasteiger partial charge in [0.15, 0.2) is 0 Å². The molecule has 0 fully saturated rings. The van der Waals surface area contributed by atoms with Crippen LogP contribution in [0.5, 0.6) is 5.88 Å². The number of aromatic nitrogens is 1. The fraction of sp³-hybridized carbons (Fsp3) is 0.143. The van der Waals surface area contributed by atoms with Gasteiger partial charge in [0.2, 0.25) is 5.88 Å². The van der Waals surface area contributed by atoms with Gasteiger partial charge in [0.1, 0.15) is 18.1 Å². The molecule has 1 aromatic heterocycles. The molecule has 2 N–H and O–H groups in total. The number of hydrogen-bond acceptors (Lipinski definition) is 6. The number of benzene rings is 2. The third-order valence-corrected chi connectivity index (χ3v) is 5.81. The quantitative estimate of drug-likeness (QED) is 0.450. The molecule has 0 unspecified atom stereocenters. The van der Waals surface area contributed by atoms with E-state index in [0.29, 0.717) is 12.3 Å². The first-order valence-electron chi connectivity index (χ1n) is 9.26. The second-order valence-electron chi connectivity index (χ2n) is 6.41. The molecule has 0 aliphatic heterocycles. The molecular formula is C21H19ClFN3O5S. The van der Waals surface area contributed by atoms with Crippen LogP contribution < -0.4 is 14.8 Å². The largest absolute Gasteiger partial charge is 0.474 e. The molecule has 0 spiro atoms. The van der Waals surface area contributed by atoms with Crippen molar-refractivity contribution >= 4 is 38.9 Å². The van der Waals surface area contributed by atoms with Crippen LogP contribution in [0.15, 0.2) is 65.7 Å². The van der Waals surface area contributed by atoms with Crippen molar-refractivity contribution in [2.45, 2.75) is 4.90 Å². The summed E-state index contributed by atoms with van der Waals surface area (Å²) in [6.45, 7) is 0.635. The van der Waals surface area contributed by atoms with Gasteiger partial charge in [-0.15, -0.1) is 0 Å². The predicted molar refractivity (Wildman–Crippen MR) is 118 cm³/mol. The maximum Gasteiger partial charge on any atom is 0.261 e. The number of sulfonamides is 1. The van der Waals surface area contributed by atoms with E-state index in [4.69, 9.17) is 21.1 Å². The Morgan fingerprint density at radius 1 is 1.12 bits per heavy atom. The molecule has 0 radical (unpaired) electrons. The second kappa shape index (κ2) is 10.4.